The topological polar surface area (TPSA) is 81.9 Å². The molecule has 28 heavy (non-hydrogen) atoms. The highest BCUT2D eigenvalue weighted by Gasteiger charge is 2.16. The number of methoxy groups -OCH3 is 1. The molecular formula is C19H20ClN5O2S. The minimum absolute atomic E-state index is 0.168. The van der Waals surface area contributed by atoms with Crippen molar-refractivity contribution in [2.75, 3.05) is 18.2 Å². The van der Waals surface area contributed by atoms with E-state index in [2.05, 4.69) is 20.5 Å². The van der Waals surface area contributed by atoms with Gasteiger partial charge in [-0.1, -0.05) is 23.4 Å². The van der Waals surface area contributed by atoms with E-state index in [1.807, 2.05) is 30.5 Å². The number of halogens is 1. The van der Waals surface area contributed by atoms with E-state index < -0.39 is 0 Å². The molecule has 0 unspecified atom stereocenters. The summed E-state index contributed by atoms with van der Waals surface area (Å²) >= 11 is 7.43. The quantitative estimate of drug-likeness (QED) is 0.584. The third-order valence-electron chi connectivity index (χ3n) is 4.04. The van der Waals surface area contributed by atoms with E-state index in [0.717, 1.165) is 17.0 Å². The molecule has 0 spiro atoms. The van der Waals surface area contributed by atoms with Crippen LogP contribution in [-0.4, -0.2) is 38.5 Å². The van der Waals surface area contributed by atoms with Gasteiger partial charge in [-0.05, 0) is 37.6 Å². The minimum atomic E-state index is -0.168. The van der Waals surface area contributed by atoms with Gasteiger partial charge in [-0.25, -0.2) is 0 Å². The number of nitrogens with one attached hydrogen (secondary N) is 1. The first-order chi connectivity index (χ1) is 13.5. The first-order valence-electron chi connectivity index (χ1n) is 8.63. The van der Waals surface area contributed by atoms with Crippen LogP contribution in [0.25, 0.3) is 11.4 Å². The minimum Gasteiger partial charge on any atom is -0.495 e. The first kappa shape index (κ1) is 20.2. The molecule has 2 heterocycles. The summed E-state index contributed by atoms with van der Waals surface area (Å²) < 4.78 is 7.26. The maximum absolute atomic E-state index is 12.4. The molecule has 0 aliphatic rings. The molecule has 0 radical (unpaired) electrons. The van der Waals surface area contributed by atoms with E-state index in [4.69, 9.17) is 16.3 Å². The van der Waals surface area contributed by atoms with Crippen molar-refractivity contribution in [1.29, 1.82) is 0 Å². The summed E-state index contributed by atoms with van der Waals surface area (Å²) in [6, 6.07) is 7.26. The van der Waals surface area contributed by atoms with Crippen molar-refractivity contribution < 1.29 is 9.53 Å². The van der Waals surface area contributed by atoms with Gasteiger partial charge in [-0.2, -0.15) is 0 Å². The Labute approximate surface area is 172 Å². The number of carbonyl (C=O) groups is 1. The number of thioether (sulfide) groups is 1. The van der Waals surface area contributed by atoms with Gasteiger partial charge in [-0.3, -0.25) is 9.78 Å². The van der Waals surface area contributed by atoms with Gasteiger partial charge in [0.15, 0.2) is 11.0 Å². The SMILES string of the molecule is CCn1c(SCC(=O)Nc2cc(C)c(Cl)cc2OC)nnc1-c1cccnc1. The van der Waals surface area contributed by atoms with E-state index in [1.54, 1.807) is 24.5 Å². The monoisotopic (exact) mass is 417 g/mol. The standard InChI is InChI=1S/C19H20ClN5O2S/c1-4-25-18(13-6-5-7-21-10-13)23-24-19(25)28-11-17(26)22-15-8-12(2)14(20)9-16(15)27-3/h5-10H,4,11H2,1-3H3,(H,22,26). The van der Waals surface area contributed by atoms with Gasteiger partial charge in [0.2, 0.25) is 5.91 Å². The second-order valence-corrected chi connectivity index (χ2v) is 7.28. The van der Waals surface area contributed by atoms with Crippen molar-refractivity contribution in [3.63, 3.8) is 0 Å². The van der Waals surface area contributed by atoms with Crippen LogP contribution >= 0.6 is 23.4 Å². The lowest BCUT2D eigenvalue weighted by atomic mass is 10.2. The molecule has 9 heteroatoms. The second-order valence-electron chi connectivity index (χ2n) is 5.93. The molecule has 3 rings (SSSR count). The second kappa shape index (κ2) is 9.07. The van der Waals surface area contributed by atoms with Gasteiger partial charge >= 0.3 is 0 Å². The number of carbonyl (C=O) groups excluding carboxylic acids is 1. The van der Waals surface area contributed by atoms with Gasteiger partial charge in [0, 0.05) is 35.6 Å². The fraction of sp³-hybridized carbons (Fsp3) is 0.263. The van der Waals surface area contributed by atoms with E-state index in [9.17, 15) is 4.79 Å². The van der Waals surface area contributed by atoms with Crippen molar-refractivity contribution >= 4 is 35.0 Å². The number of benzene rings is 1. The van der Waals surface area contributed by atoms with Gasteiger partial charge in [0.05, 0.1) is 18.6 Å². The lowest BCUT2D eigenvalue weighted by Gasteiger charge is -2.12. The predicted octanol–water partition coefficient (Wildman–Crippen LogP) is 4.06. The normalized spacial score (nSPS) is 10.7. The Morgan fingerprint density at radius 2 is 2.18 bits per heavy atom. The maximum Gasteiger partial charge on any atom is 0.234 e. The summed E-state index contributed by atoms with van der Waals surface area (Å²) in [5.74, 6) is 1.27. The number of aryl methyl sites for hydroxylation is 1. The molecule has 3 aromatic rings. The Morgan fingerprint density at radius 3 is 2.86 bits per heavy atom. The zero-order chi connectivity index (χ0) is 20.1. The van der Waals surface area contributed by atoms with Crippen molar-refractivity contribution in [2.45, 2.75) is 25.5 Å². The Hall–Kier alpha value is -2.58. The smallest absolute Gasteiger partial charge is 0.234 e. The lowest BCUT2D eigenvalue weighted by Crippen LogP contribution is -2.15. The summed E-state index contributed by atoms with van der Waals surface area (Å²) in [4.78, 5) is 16.6. The Morgan fingerprint density at radius 1 is 1.36 bits per heavy atom. The van der Waals surface area contributed by atoms with Crippen LogP contribution in [0.2, 0.25) is 5.02 Å². The molecule has 0 saturated carbocycles. The summed E-state index contributed by atoms with van der Waals surface area (Å²) in [6.07, 6.45) is 3.45. The number of nitrogens with zero attached hydrogens (tertiary/aromatic N) is 4. The molecule has 0 atom stereocenters. The van der Waals surface area contributed by atoms with E-state index in [0.29, 0.717) is 28.2 Å². The molecule has 146 valence electrons. The first-order valence-corrected chi connectivity index (χ1v) is 10.00. The summed E-state index contributed by atoms with van der Waals surface area (Å²) in [5.41, 5.74) is 2.33. The van der Waals surface area contributed by atoms with Crippen LogP contribution in [0.5, 0.6) is 5.75 Å². The van der Waals surface area contributed by atoms with Gasteiger partial charge < -0.3 is 14.6 Å². The summed E-state index contributed by atoms with van der Waals surface area (Å²) in [5, 5.41) is 12.6. The van der Waals surface area contributed by atoms with E-state index in [-0.39, 0.29) is 11.7 Å². The zero-order valence-corrected chi connectivity index (χ0v) is 17.3. The number of amides is 1. The molecule has 0 aliphatic carbocycles. The number of ether oxygens (including phenoxy) is 1. The van der Waals surface area contributed by atoms with Crippen LogP contribution in [0.4, 0.5) is 5.69 Å². The third-order valence-corrected chi connectivity index (χ3v) is 5.41. The highest BCUT2D eigenvalue weighted by molar-refractivity contribution is 7.99. The average Bonchev–Trinajstić information content (AvgIpc) is 3.12. The molecule has 7 nitrogen and oxygen atoms in total. The van der Waals surface area contributed by atoms with Gasteiger partial charge in [-0.15, -0.1) is 10.2 Å². The third kappa shape index (κ3) is 4.45. The molecule has 0 fully saturated rings. The van der Waals surface area contributed by atoms with Crippen LogP contribution in [0, 0.1) is 6.92 Å². The van der Waals surface area contributed by atoms with Crippen molar-refractivity contribution in [2.24, 2.45) is 0 Å². The molecule has 0 bridgehead atoms. The Kier molecular flexibility index (Phi) is 6.53. The fourth-order valence-electron chi connectivity index (χ4n) is 2.64. The molecular weight excluding hydrogens is 398 g/mol. The number of rotatable bonds is 7. The summed E-state index contributed by atoms with van der Waals surface area (Å²) in [6.45, 7) is 4.57. The molecule has 1 aromatic carbocycles. The maximum atomic E-state index is 12.4. The number of aromatic nitrogens is 4. The van der Waals surface area contributed by atoms with Crippen molar-refractivity contribution in [1.82, 2.24) is 19.7 Å². The zero-order valence-electron chi connectivity index (χ0n) is 15.8. The van der Waals surface area contributed by atoms with E-state index in [1.165, 1.54) is 18.9 Å². The average molecular weight is 418 g/mol. The molecule has 0 saturated heterocycles. The largest absolute Gasteiger partial charge is 0.495 e. The van der Waals surface area contributed by atoms with E-state index >= 15 is 0 Å². The van der Waals surface area contributed by atoms with Crippen LogP contribution < -0.4 is 10.1 Å². The van der Waals surface area contributed by atoms with Gasteiger partial charge in [0.25, 0.3) is 0 Å². The van der Waals surface area contributed by atoms with Crippen LogP contribution in [0.3, 0.4) is 0 Å². The molecule has 1 amide bonds. The highest BCUT2D eigenvalue weighted by atomic mass is 35.5. The molecule has 0 aliphatic heterocycles. The number of hydrogen-bond acceptors (Lipinski definition) is 6. The number of hydrogen-bond donors (Lipinski definition) is 1. The molecule has 2 aromatic heterocycles. The van der Waals surface area contributed by atoms with Crippen LogP contribution in [-0.2, 0) is 11.3 Å². The van der Waals surface area contributed by atoms with Gasteiger partial charge in [0.1, 0.15) is 5.75 Å². The Balaban J connectivity index is 1.70. The number of anilines is 1. The Bertz CT molecular complexity index is 978. The lowest BCUT2D eigenvalue weighted by molar-refractivity contribution is -0.113. The molecule has 1 N–H and O–H groups in total. The fourth-order valence-corrected chi connectivity index (χ4v) is 3.59. The predicted molar refractivity (Wildman–Crippen MR) is 111 cm³/mol. The summed E-state index contributed by atoms with van der Waals surface area (Å²) in [7, 11) is 1.54. The van der Waals surface area contributed by atoms with Crippen LogP contribution in [0.15, 0.2) is 41.8 Å². The number of pyridine rings is 1. The van der Waals surface area contributed by atoms with Crippen LogP contribution in [0.1, 0.15) is 12.5 Å². The highest BCUT2D eigenvalue weighted by Crippen LogP contribution is 2.31. The van der Waals surface area contributed by atoms with Crippen molar-refractivity contribution in [3.8, 4) is 17.1 Å². The van der Waals surface area contributed by atoms with Crippen molar-refractivity contribution in [3.05, 3.63) is 47.2 Å².